The lowest BCUT2D eigenvalue weighted by Crippen LogP contribution is -2.35. The maximum Gasteiger partial charge on any atom is 0.316 e. The summed E-state index contributed by atoms with van der Waals surface area (Å²) in [7, 11) is 0. The maximum absolute atomic E-state index is 10.9. The van der Waals surface area contributed by atoms with Gasteiger partial charge in [-0.05, 0) is 67.6 Å². The van der Waals surface area contributed by atoms with E-state index in [4.69, 9.17) is 19.9 Å². The van der Waals surface area contributed by atoms with E-state index in [1.54, 1.807) is 0 Å². The van der Waals surface area contributed by atoms with Gasteiger partial charge in [-0.25, -0.2) is 4.79 Å². The monoisotopic (exact) mass is 513 g/mol. The van der Waals surface area contributed by atoms with Crippen molar-refractivity contribution in [3.05, 3.63) is 59.2 Å². The third-order valence-electron chi connectivity index (χ3n) is 6.33. The van der Waals surface area contributed by atoms with Gasteiger partial charge in [-0.15, -0.1) is 0 Å². The minimum absolute atomic E-state index is 0.493. The van der Waals surface area contributed by atoms with E-state index < -0.39 is 17.9 Å². The molecule has 3 rings (SSSR count). The number of amides is 2. The quantitative estimate of drug-likeness (QED) is 0.234. The Morgan fingerprint density at radius 2 is 1.86 bits per heavy atom. The highest BCUT2D eigenvalue weighted by molar-refractivity contribution is 5.87. The van der Waals surface area contributed by atoms with E-state index in [0.29, 0.717) is 13.2 Å². The second-order valence-corrected chi connectivity index (χ2v) is 10.1. The molecule has 0 saturated heterocycles. The second kappa shape index (κ2) is 14.9. The van der Waals surface area contributed by atoms with Gasteiger partial charge in [-0.1, -0.05) is 37.5 Å². The number of aliphatic hydroxyl groups is 1. The lowest BCUT2D eigenvalue weighted by molar-refractivity contribution is -0.180. The molecule has 1 heterocycles. The van der Waals surface area contributed by atoms with Crippen LogP contribution in [0.5, 0.6) is 5.75 Å². The Hall–Kier alpha value is -2.65. The Balaban J connectivity index is 1.15. The first-order chi connectivity index (χ1) is 17.8. The van der Waals surface area contributed by atoms with Gasteiger partial charge in [0.15, 0.2) is 0 Å². The molecule has 8 heteroatoms. The summed E-state index contributed by atoms with van der Waals surface area (Å²) >= 11 is 0. The summed E-state index contributed by atoms with van der Waals surface area (Å²) < 4.78 is 17.3. The number of carbonyl (C=O) groups excluding carboxylic acids is 1. The zero-order valence-electron chi connectivity index (χ0n) is 22.3. The number of aryl methyl sites for hydroxylation is 1. The lowest BCUT2D eigenvalue weighted by Gasteiger charge is -2.33. The molecule has 1 atom stereocenters. The molecular weight excluding hydrogens is 470 g/mol. The van der Waals surface area contributed by atoms with Crippen molar-refractivity contribution in [2.75, 3.05) is 31.6 Å². The molecule has 0 aromatic heterocycles. The molecule has 0 saturated carbocycles. The van der Waals surface area contributed by atoms with E-state index in [1.807, 2.05) is 56.3 Å². The Kier molecular flexibility index (Phi) is 11.7. The van der Waals surface area contributed by atoms with E-state index in [1.165, 1.54) is 19.3 Å². The minimum Gasteiger partial charge on any atom is -0.463 e. The summed E-state index contributed by atoms with van der Waals surface area (Å²) in [5.74, 6) is 0.218. The molecule has 2 aromatic rings. The predicted molar refractivity (Wildman–Crippen MR) is 146 cm³/mol. The highest BCUT2D eigenvalue weighted by Crippen LogP contribution is 2.32. The molecule has 204 valence electrons. The lowest BCUT2D eigenvalue weighted by atomic mass is 10.0. The average molecular weight is 514 g/mol. The predicted octanol–water partition coefficient (Wildman–Crippen LogP) is 5.05. The van der Waals surface area contributed by atoms with Crippen molar-refractivity contribution >= 4 is 11.7 Å². The van der Waals surface area contributed by atoms with E-state index in [2.05, 4.69) is 10.6 Å². The van der Waals surface area contributed by atoms with Crippen LogP contribution < -0.4 is 21.1 Å². The fraction of sp³-hybridized carbons (Fsp3) is 0.552. The van der Waals surface area contributed by atoms with Gasteiger partial charge in [0, 0.05) is 44.9 Å². The number of nitrogens with two attached hydrogens (primary N) is 1. The zero-order valence-corrected chi connectivity index (χ0v) is 22.3. The highest BCUT2D eigenvalue weighted by Gasteiger charge is 2.27. The molecule has 0 aliphatic carbocycles. The van der Waals surface area contributed by atoms with Crippen molar-refractivity contribution < 1.29 is 24.1 Å². The van der Waals surface area contributed by atoms with Crippen LogP contribution in [0.25, 0.3) is 0 Å². The van der Waals surface area contributed by atoms with Crippen molar-refractivity contribution in [1.82, 2.24) is 5.32 Å². The number of ether oxygens (including phenoxy) is 3. The molecule has 0 radical (unpaired) electrons. The van der Waals surface area contributed by atoms with Crippen molar-refractivity contribution in [2.24, 2.45) is 5.73 Å². The molecule has 1 aliphatic heterocycles. The molecule has 0 spiro atoms. The molecule has 0 unspecified atom stereocenters. The summed E-state index contributed by atoms with van der Waals surface area (Å²) in [5, 5.41) is 16.5. The fourth-order valence-corrected chi connectivity index (χ4v) is 4.33. The molecule has 1 aliphatic rings. The van der Waals surface area contributed by atoms with Gasteiger partial charge in [0.05, 0.1) is 12.7 Å². The van der Waals surface area contributed by atoms with Gasteiger partial charge in [0.1, 0.15) is 5.75 Å². The van der Waals surface area contributed by atoms with E-state index in [9.17, 15) is 9.90 Å². The van der Waals surface area contributed by atoms with Crippen LogP contribution in [0.1, 0.15) is 75.2 Å². The third-order valence-corrected chi connectivity index (χ3v) is 6.33. The van der Waals surface area contributed by atoms with Gasteiger partial charge in [0.25, 0.3) is 0 Å². The topological polar surface area (TPSA) is 115 Å². The molecule has 2 aromatic carbocycles. The zero-order chi connectivity index (χ0) is 26.5. The number of aliphatic hydroxyl groups excluding tert-OH is 1. The van der Waals surface area contributed by atoms with E-state index in [0.717, 1.165) is 73.6 Å². The Labute approximate surface area is 220 Å². The number of hydrogen-bond acceptors (Lipinski definition) is 6. The maximum atomic E-state index is 10.9. The van der Waals surface area contributed by atoms with Crippen LogP contribution in [0.2, 0.25) is 0 Å². The molecule has 37 heavy (non-hydrogen) atoms. The number of benzene rings is 2. The van der Waals surface area contributed by atoms with Crippen molar-refractivity contribution in [2.45, 2.75) is 77.3 Å². The Bertz CT molecular complexity index is 982. The number of anilines is 1. The van der Waals surface area contributed by atoms with Gasteiger partial charge >= 0.3 is 6.03 Å². The van der Waals surface area contributed by atoms with Gasteiger partial charge in [0.2, 0.25) is 5.79 Å². The van der Waals surface area contributed by atoms with Crippen LogP contribution in [-0.2, 0) is 22.5 Å². The van der Waals surface area contributed by atoms with Crippen LogP contribution in [0, 0.1) is 0 Å². The van der Waals surface area contributed by atoms with Crippen LogP contribution in [0.15, 0.2) is 42.5 Å². The molecule has 8 nitrogen and oxygen atoms in total. The first kappa shape index (κ1) is 28.9. The van der Waals surface area contributed by atoms with Gasteiger partial charge in [-0.3, -0.25) is 0 Å². The number of primary amides is 1. The number of urea groups is 1. The standard InChI is InChI=1S/C29H43N3O5/c1-29(2)36-21-24-19-23(13-14-27(24)37-29)26(33)20-31-15-6-4-3-5-7-16-35-17-9-11-22-10-8-12-25(18-22)32-28(30)34/h8,10,12-14,18-19,26,31,33H,3-7,9,11,15-17,20-21H2,1-2H3,(H3,30,32,34)/t26-/m0/s1. The average Bonchev–Trinajstić information content (AvgIpc) is 2.85. The first-order valence-corrected chi connectivity index (χ1v) is 13.4. The summed E-state index contributed by atoms with van der Waals surface area (Å²) in [6, 6.07) is 13.0. The number of rotatable bonds is 16. The molecular formula is C29H43N3O5. The molecule has 5 N–H and O–H groups in total. The van der Waals surface area contributed by atoms with Crippen molar-refractivity contribution in [1.29, 1.82) is 0 Å². The Morgan fingerprint density at radius 3 is 2.70 bits per heavy atom. The summed E-state index contributed by atoms with van der Waals surface area (Å²) in [6.45, 7) is 7.25. The summed E-state index contributed by atoms with van der Waals surface area (Å²) in [4.78, 5) is 10.9. The van der Waals surface area contributed by atoms with E-state index in [-0.39, 0.29) is 0 Å². The van der Waals surface area contributed by atoms with Gasteiger partial charge in [-0.2, -0.15) is 0 Å². The van der Waals surface area contributed by atoms with Crippen molar-refractivity contribution in [3.63, 3.8) is 0 Å². The number of fused-ring (bicyclic) bond motifs is 1. The minimum atomic E-state index is -0.608. The van der Waals surface area contributed by atoms with Crippen LogP contribution >= 0.6 is 0 Å². The van der Waals surface area contributed by atoms with Crippen molar-refractivity contribution in [3.8, 4) is 5.75 Å². The third kappa shape index (κ3) is 10.7. The number of unbranched alkanes of at least 4 members (excludes halogenated alkanes) is 4. The van der Waals surface area contributed by atoms with Crippen LogP contribution in [-0.4, -0.2) is 43.2 Å². The number of hydrogen-bond donors (Lipinski definition) is 4. The number of carbonyl (C=O) groups is 1. The molecule has 2 amide bonds. The normalized spacial score (nSPS) is 15.0. The van der Waals surface area contributed by atoms with Crippen LogP contribution in [0.4, 0.5) is 10.5 Å². The SMILES string of the molecule is CC1(C)OCc2cc([C@@H](O)CNCCCCCCCOCCCc3cccc(NC(N)=O)c3)ccc2O1. The highest BCUT2D eigenvalue weighted by atomic mass is 16.7. The van der Waals surface area contributed by atoms with E-state index >= 15 is 0 Å². The Morgan fingerprint density at radius 1 is 1.08 bits per heavy atom. The fourth-order valence-electron chi connectivity index (χ4n) is 4.33. The van der Waals surface area contributed by atoms with Gasteiger partial charge < -0.3 is 35.7 Å². The molecule has 0 fully saturated rings. The largest absolute Gasteiger partial charge is 0.463 e. The summed E-state index contributed by atoms with van der Waals surface area (Å²) in [6.07, 6.45) is 7.00. The van der Waals surface area contributed by atoms with Crippen LogP contribution in [0.3, 0.4) is 0 Å². The second-order valence-electron chi connectivity index (χ2n) is 10.1. The smallest absolute Gasteiger partial charge is 0.316 e. The first-order valence-electron chi connectivity index (χ1n) is 13.4. The number of nitrogens with one attached hydrogen (secondary N) is 2. The summed E-state index contributed by atoms with van der Waals surface area (Å²) in [5.41, 5.74) is 8.90. The molecule has 0 bridgehead atoms.